The molecule has 2 bridgehead atoms. The van der Waals surface area contributed by atoms with Crippen LogP contribution in [0.2, 0.25) is 5.02 Å². The van der Waals surface area contributed by atoms with E-state index in [0.29, 0.717) is 10.7 Å². The molecule has 0 saturated carbocycles. The molecule has 3 aliphatic rings. The van der Waals surface area contributed by atoms with Gasteiger partial charge >= 0.3 is 0 Å². The number of imide groups is 1. The second-order valence-electron chi connectivity index (χ2n) is 6.25. The summed E-state index contributed by atoms with van der Waals surface area (Å²) < 4.78 is 5.96. The Morgan fingerprint density at radius 3 is 2.19 bits per heavy atom. The summed E-state index contributed by atoms with van der Waals surface area (Å²) in [7, 11) is 0. The molecule has 0 unspecified atom stereocenters. The fourth-order valence-corrected chi connectivity index (χ4v) is 4.09. The van der Waals surface area contributed by atoms with Crippen molar-refractivity contribution in [1.29, 1.82) is 0 Å². The van der Waals surface area contributed by atoms with Crippen LogP contribution >= 0.6 is 11.6 Å². The van der Waals surface area contributed by atoms with Crippen LogP contribution in [0.15, 0.2) is 36.4 Å². The summed E-state index contributed by atoms with van der Waals surface area (Å²) in [6.45, 7) is 3.73. The van der Waals surface area contributed by atoms with E-state index in [1.807, 2.05) is 26.0 Å². The number of anilines is 1. The number of benzene rings is 1. The Morgan fingerprint density at radius 1 is 1.10 bits per heavy atom. The lowest BCUT2D eigenvalue weighted by atomic mass is 9.73. The molecule has 0 N–H and O–H groups in total. The van der Waals surface area contributed by atoms with Gasteiger partial charge in [0.15, 0.2) is 0 Å². The molecule has 0 aromatic heterocycles. The number of halogens is 1. The molecule has 2 saturated heterocycles. The molecule has 0 radical (unpaired) electrons. The van der Waals surface area contributed by atoms with E-state index in [1.54, 1.807) is 24.3 Å². The SMILES string of the molecule is C[C@]12C=C[C@](C)(O1)[C@H]1C(=O)N(c3cccc(Cl)c3)C(=O)[C@@H]12. The lowest BCUT2D eigenvalue weighted by Crippen LogP contribution is -2.39. The highest BCUT2D eigenvalue weighted by Gasteiger charge is 2.70. The number of carbonyl (C=O) groups excluding carboxylic acids is 2. The Labute approximate surface area is 127 Å². The average Bonchev–Trinajstić information content (AvgIpc) is 2.95. The largest absolute Gasteiger partial charge is 0.359 e. The van der Waals surface area contributed by atoms with Crippen LogP contribution in [0.5, 0.6) is 0 Å². The zero-order valence-electron chi connectivity index (χ0n) is 11.7. The van der Waals surface area contributed by atoms with Gasteiger partial charge in [-0.1, -0.05) is 29.8 Å². The first-order valence-corrected chi connectivity index (χ1v) is 7.27. The zero-order valence-corrected chi connectivity index (χ0v) is 12.4. The highest BCUT2D eigenvalue weighted by Crippen LogP contribution is 2.57. The van der Waals surface area contributed by atoms with Crippen LogP contribution in [0.4, 0.5) is 5.69 Å². The van der Waals surface area contributed by atoms with Crippen molar-refractivity contribution < 1.29 is 14.3 Å². The first-order valence-electron chi connectivity index (χ1n) is 6.90. The lowest BCUT2D eigenvalue weighted by Gasteiger charge is -2.25. The van der Waals surface area contributed by atoms with Crippen LogP contribution in [0.3, 0.4) is 0 Å². The number of rotatable bonds is 1. The van der Waals surface area contributed by atoms with Crippen molar-refractivity contribution in [2.45, 2.75) is 25.0 Å². The third-order valence-corrected chi connectivity index (χ3v) is 5.03. The maximum atomic E-state index is 12.8. The van der Waals surface area contributed by atoms with Crippen molar-refractivity contribution in [2.75, 3.05) is 4.90 Å². The van der Waals surface area contributed by atoms with Gasteiger partial charge in [0.25, 0.3) is 0 Å². The molecule has 4 atom stereocenters. The van der Waals surface area contributed by atoms with Crippen LogP contribution in [-0.2, 0) is 14.3 Å². The Hall–Kier alpha value is -1.65. The first-order chi connectivity index (χ1) is 9.86. The van der Waals surface area contributed by atoms with Crippen molar-refractivity contribution in [3.63, 3.8) is 0 Å². The van der Waals surface area contributed by atoms with Crippen LogP contribution in [0, 0.1) is 11.8 Å². The van der Waals surface area contributed by atoms with Crippen LogP contribution < -0.4 is 4.90 Å². The van der Waals surface area contributed by atoms with Gasteiger partial charge in [-0.3, -0.25) is 9.59 Å². The molecular formula is C16H14ClNO3. The minimum absolute atomic E-state index is 0.206. The molecule has 1 aromatic rings. The summed E-state index contributed by atoms with van der Waals surface area (Å²) in [4.78, 5) is 26.8. The molecule has 2 amide bonds. The van der Waals surface area contributed by atoms with E-state index in [1.165, 1.54) is 4.90 Å². The smallest absolute Gasteiger partial charge is 0.241 e. The van der Waals surface area contributed by atoms with Crippen molar-refractivity contribution in [2.24, 2.45) is 11.8 Å². The van der Waals surface area contributed by atoms with Gasteiger partial charge in [0.2, 0.25) is 11.8 Å². The fraction of sp³-hybridized carbons (Fsp3) is 0.375. The van der Waals surface area contributed by atoms with Crippen molar-refractivity contribution in [3.8, 4) is 0 Å². The maximum absolute atomic E-state index is 12.8. The summed E-state index contributed by atoms with van der Waals surface area (Å²) in [5.74, 6) is -1.33. The van der Waals surface area contributed by atoms with Gasteiger partial charge in [-0.2, -0.15) is 0 Å². The van der Waals surface area contributed by atoms with Gasteiger partial charge in [-0.25, -0.2) is 4.90 Å². The molecule has 1 aromatic carbocycles. The molecule has 4 nitrogen and oxygen atoms in total. The van der Waals surface area contributed by atoms with E-state index in [0.717, 1.165) is 0 Å². The van der Waals surface area contributed by atoms with Crippen LogP contribution in [-0.4, -0.2) is 23.0 Å². The number of fused-ring (bicyclic) bond motifs is 5. The number of ether oxygens (including phenoxy) is 1. The van der Waals surface area contributed by atoms with Crippen molar-refractivity contribution >= 4 is 29.1 Å². The van der Waals surface area contributed by atoms with E-state index in [2.05, 4.69) is 0 Å². The van der Waals surface area contributed by atoms with E-state index in [9.17, 15) is 9.59 Å². The van der Waals surface area contributed by atoms with Gasteiger partial charge < -0.3 is 4.74 Å². The second-order valence-corrected chi connectivity index (χ2v) is 6.69. The standard InChI is InChI=1S/C16H14ClNO3/c1-15-6-7-16(2,21-15)12-11(15)13(19)18(14(12)20)10-5-3-4-9(17)8-10/h3-8,11-12H,1-2H3/t11-,12-,15-,16+/m1/s1. The fourth-order valence-electron chi connectivity index (χ4n) is 3.90. The van der Waals surface area contributed by atoms with Gasteiger partial charge in [-0.15, -0.1) is 0 Å². The molecule has 108 valence electrons. The highest BCUT2D eigenvalue weighted by atomic mass is 35.5. The molecular weight excluding hydrogens is 290 g/mol. The predicted octanol–water partition coefficient (Wildman–Crippen LogP) is 2.56. The average molecular weight is 304 g/mol. The Balaban J connectivity index is 1.82. The molecule has 5 heteroatoms. The Kier molecular flexibility index (Phi) is 2.33. The molecule has 4 rings (SSSR count). The van der Waals surface area contributed by atoms with E-state index >= 15 is 0 Å². The van der Waals surface area contributed by atoms with E-state index < -0.39 is 23.0 Å². The van der Waals surface area contributed by atoms with E-state index in [4.69, 9.17) is 16.3 Å². The lowest BCUT2D eigenvalue weighted by molar-refractivity contribution is -0.128. The van der Waals surface area contributed by atoms with Gasteiger partial charge in [-0.05, 0) is 32.0 Å². The summed E-state index contributed by atoms with van der Waals surface area (Å²) >= 11 is 5.98. The first kappa shape index (κ1) is 13.0. The topological polar surface area (TPSA) is 46.6 Å². The molecule has 0 aliphatic carbocycles. The van der Waals surface area contributed by atoms with Crippen molar-refractivity contribution in [3.05, 3.63) is 41.4 Å². The number of hydrogen-bond donors (Lipinski definition) is 0. The summed E-state index contributed by atoms with van der Waals surface area (Å²) in [5.41, 5.74) is -0.864. The minimum Gasteiger partial charge on any atom is -0.359 e. The Bertz CT molecular complexity index is 679. The second kappa shape index (κ2) is 3.76. The van der Waals surface area contributed by atoms with Gasteiger partial charge in [0.1, 0.15) is 0 Å². The molecule has 2 fully saturated rings. The molecule has 0 spiro atoms. The molecule has 3 heterocycles. The quantitative estimate of drug-likeness (QED) is 0.592. The van der Waals surface area contributed by atoms with Crippen LogP contribution in [0.25, 0.3) is 0 Å². The number of hydrogen-bond acceptors (Lipinski definition) is 3. The van der Waals surface area contributed by atoms with E-state index in [-0.39, 0.29) is 11.8 Å². The number of amides is 2. The third kappa shape index (κ3) is 1.49. The monoisotopic (exact) mass is 303 g/mol. The normalized spacial score (nSPS) is 40.2. The summed E-state index contributed by atoms with van der Waals surface area (Å²) in [5, 5.41) is 0.500. The number of nitrogens with zero attached hydrogens (tertiary/aromatic N) is 1. The van der Waals surface area contributed by atoms with Gasteiger partial charge in [0.05, 0.1) is 28.7 Å². The predicted molar refractivity (Wildman–Crippen MR) is 78.0 cm³/mol. The summed E-state index contributed by atoms with van der Waals surface area (Å²) in [6, 6.07) is 6.82. The highest BCUT2D eigenvalue weighted by molar-refractivity contribution is 6.31. The van der Waals surface area contributed by atoms with Gasteiger partial charge in [0, 0.05) is 5.02 Å². The van der Waals surface area contributed by atoms with Crippen molar-refractivity contribution in [1.82, 2.24) is 0 Å². The summed E-state index contributed by atoms with van der Waals surface area (Å²) in [6.07, 6.45) is 3.81. The Morgan fingerprint density at radius 2 is 1.67 bits per heavy atom. The number of carbonyl (C=O) groups is 2. The zero-order chi connectivity index (χ0) is 15.0. The maximum Gasteiger partial charge on any atom is 0.241 e. The molecule has 21 heavy (non-hydrogen) atoms. The minimum atomic E-state index is -0.695. The third-order valence-electron chi connectivity index (χ3n) is 4.79. The molecule has 3 aliphatic heterocycles. The van der Waals surface area contributed by atoms with Crippen LogP contribution in [0.1, 0.15) is 13.8 Å².